The van der Waals surface area contributed by atoms with Crippen molar-refractivity contribution in [3.05, 3.63) is 29.8 Å². The molecule has 0 radical (unpaired) electrons. The maximum atomic E-state index is 12.2. The van der Waals surface area contributed by atoms with Crippen LogP contribution in [0, 0.1) is 5.92 Å². The lowest BCUT2D eigenvalue weighted by molar-refractivity contribution is -0.152. The van der Waals surface area contributed by atoms with Gasteiger partial charge in [0.05, 0.1) is 18.1 Å². The molecule has 8 heteroatoms. The molecule has 25 heavy (non-hydrogen) atoms. The average Bonchev–Trinajstić information content (AvgIpc) is 2.61. The number of hydrogen-bond acceptors (Lipinski definition) is 6. The van der Waals surface area contributed by atoms with Gasteiger partial charge in [0.2, 0.25) is 0 Å². The van der Waals surface area contributed by atoms with Crippen LogP contribution in [0.2, 0.25) is 0 Å². The lowest BCUT2D eigenvalue weighted by atomic mass is 9.97. The normalized spacial score (nSPS) is 14.7. The average molecular weight is 347 g/mol. The van der Waals surface area contributed by atoms with Crippen LogP contribution in [-0.2, 0) is 19.1 Å². The highest BCUT2D eigenvalue weighted by Crippen LogP contribution is 2.19. The van der Waals surface area contributed by atoms with Crippen LogP contribution in [0.4, 0.5) is 5.69 Å². The zero-order chi connectivity index (χ0) is 18.4. The summed E-state index contributed by atoms with van der Waals surface area (Å²) < 4.78 is 4.96. The van der Waals surface area contributed by atoms with Gasteiger partial charge in [0, 0.05) is 18.8 Å². The number of carbonyl (C=O) groups is 4. The Bertz CT molecular complexity index is 681. The molecule has 2 rings (SSSR count). The van der Waals surface area contributed by atoms with Crippen molar-refractivity contribution in [3.63, 3.8) is 0 Å². The number of imide groups is 1. The monoisotopic (exact) mass is 347 g/mol. The van der Waals surface area contributed by atoms with Crippen molar-refractivity contribution < 1.29 is 23.9 Å². The second kappa shape index (κ2) is 8.27. The first kappa shape index (κ1) is 18.4. The van der Waals surface area contributed by atoms with E-state index in [4.69, 9.17) is 10.5 Å². The van der Waals surface area contributed by atoms with Crippen molar-refractivity contribution in [2.45, 2.75) is 19.8 Å². The number of carbonyl (C=O) groups excluding carboxylic acids is 4. The first-order chi connectivity index (χ1) is 11.9. The number of amides is 3. The zero-order valence-electron chi connectivity index (χ0n) is 14.0. The van der Waals surface area contributed by atoms with Crippen molar-refractivity contribution in [2.75, 3.05) is 25.4 Å². The van der Waals surface area contributed by atoms with Gasteiger partial charge in [-0.15, -0.1) is 0 Å². The lowest BCUT2D eigenvalue weighted by Crippen LogP contribution is -2.48. The minimum atomic E-state index is -1.01. The van der Waals surface area contributed by atoms with E-state index < -0.39 is 17.7 Å². The Morgan fingerprint density at radius 1 is 1.20 bits per heavy atom. The Balaban J connectivity index is 1.89. The van der Waals surface area contributed by atoms with Crippen LogP contribution in [0.15, 0.2) is 24.3 Å². The number of piperidine rings is 1. The number of rotatable bonds is 3. The Hall–Kier alpha value is -2.90. The van der Waals surface area contributed by atoms with Crippen LogP contribution in [0.25, 0.3) is 0 Å². The number of likely N-dealkylation sites (tertiary alicyclic amines) is 1. The highest BCUT2D eigenvalue weighted by atomic mass is 16.5. The lowest BCUT2D eigenvalue weighted by Gasteiger charge is -2.30. The number of esters is 1. The number of benzene rings is 1. The van der Waals surface area contributed by atoms with E-state index in [9.17, 15) is 19.2 Å². The molecule has 1 aliphatic rings. The smallest absolute Gasteiger partial charge is 0.316 e. The molecule has 1 aliphatic heterocycles. The van der Waals surface area contributed by atoms with E-state index in [1.807, 2.05) is 5.32 Å². The van der Waals surface area contributed by atoms with Crippen LogP contribution in [0.3, 0.4) is 0 Å². The molecule has 1 saturated heterocycles. The fourth-order valence-electron chi connectivity index (χ4n) is 2.65. The largest absolute Gasteiger partial charge is 0.466 e. The summed E-state index contributed by atoms with van der Waals surface area (Å²) in [5, 5.41) is 2.05. The molecule has 1 fully saturated rings. The number of ether oxygens (including phenoxy) is 1. The highest BCUT2D eigenvalue weighted by molar-refractivity contribution is 6.38. The molecule has 1 aromatic rings. The molecule has 0 atom stereocenters. The standard InChI is InChI=1S/C17H21N3O5/c1-2-25-17(24)11-7-9-20(10-8-11)16(23)15(22)19-14(21)12-5-3-4-6-13(12)18/h3-6,11H,2,7-10,18H2,1H3,(H,19,21,22). The summed E-state index contributed by atoms with van der Waals surface area (Å²) in [5.41, 5.74) is 6.02. The van der Waals surface area contributed by atoms with Gasteiger partial charge < -0.3 is 15.4 Å². The van der Waals surface area contributed by atoms with E-state index in [0.717, 1.165) is 0 Å². The molecule has 0 aromatic heterocycles. The Labute approximate surface area is 145 Å². The Morgan fingerprint density at radius 2 is 1.84 bits per heavy atom. The predicted octanol–water partition coefficient (Wildman–Crippen LogP) is 0.327. The topological polar surface area (TPSA) is 119 Å². The van der Waals surface area contributed by atoms with E-state index in [-0.39, 0.29) is 36.2 Å². The molecule has 3 amide bonds. The van der Waals surface area contributed by atoms with E-state index in [1.54, 1.807) is 19.1 Å². The number of para-hydroxylation sites is 1. The fraction of sp³-hybridized carbons (Fsp3) is 0.412. The molecule has 0 bridgehead atoms. The summed E-state index contributed by atoms with van der Waals surface area (Å²) in [4.78, 5) is 49.2. The van der Waals surface area contributed by atoms with Crippen LogP contribution >= 0.6 is 0 Å². The number of nitrogens with one attached hydrogen (secondary N) is 1. The van der Waals surface area contributed by atoms with Gasteiger partial charge in [-0.2, -0.15) is 0 Å². The zero-order valence-corrected chi connectivity index (χ0v) is 14.0. The summed E-state index contributed by atoms with van der Waals surface area (Å²) >= 11 is 0. The third-order valence-corrected chi connectivity index (χ3v) is 4.03. The molecule has 8 nitrogen and oxygen atoms in total. The maximum absolute atomic E-state index is 12.2. The van der Waals surface area contributed by atoms with Crippen molar-refractivity contribution in [3.8, 4) is 0 Å². The van der Waals surface area contributed by atoms with Crippen molar-refractivity contribution >= 4 is 29.4 Å². The molecule has 1 heterocycles. The van der Waals surface area contributed by atoms with Gasteiger partial charge >= 0.3 is 17.8 Å². The minimum absolute atomic E-state index is 0.129. The fourth-order valence-corrected chi connectivity index (χ4v) is 2.65. The first-order valence-corrected chi connectivity index (χ1v) is 8.09. The molecule has 134 valence electrons. The summed E-state index contributed by atoms with van der Waals surface area (Å²) in [5.74, 6) is -3.09. The first-order valence-electron chi connectivity index (χ1n) is 8.09. The molecular formula is C17H21N3O5. The third kappa shape index (κ3) is 4.56. The van der Waals surface area contributed by atoms with Gasteiger partial charge in [0.15, 0.2) is 0 Å². The van der Waals surface area contributed by atoms with Gasteiger partial charge in [-0.1, -0.05) is 12.1 Å². The summed E-state index contributed by atoms with van der Waals surface area (Å²) in [7, 11) is 0. The van der Waals surface area contributed by atoms with E-state index in [0.29, 0.717) is 19.4 Å². The van der Waals surface area contributed by atoms with Crippen LogP contribution < -0.4 is 11.1 Å². The van der Waals surface area contributed by atoms with Gasteiger partial charge in [0.1, 0.15) is 0 Å². The molecular weight excluding hydrogens is 326 g/mol. The summed E-state index contributed by atoms with van der Waals surface area (Å²) in [6.45, 7) is 2.57. The van der Waals surface area contributed by atoms with Gasteiger partial charge in [-0.25, -0.2) is 0 Å². The number of nitrogens with zero attached hydrogens (tertiary/aromatic N) is 1. The second-order valence-corrected chi connectivity index (χ2v) is 5.69. The van der Waals surface area contributed by atoms with Crippen molar-refractivity contribution in [1.82, 2.24) is 10.2 Å². The maximum Gasteiger partial charge on any atom is 0.316 e. The van der Waals surface area contributed by atoms with Gasteiger partial charge in [0.25, 0.3) is 5.91 Å². The highest BCUT2D eigenvalue weighted by Gasteiger charge is 2.31. The summed E-state index contributed by atoms with van der Waals surface area (Å²) in [6, 6.07) is 6.26. The number of hydrogen-bond donors (Lipinski definition) is 2. The SMILES string of the molecule is CCOC(=O)C1CCN(C(=O)C(=O)NC(=O)c2ccccc2N)CC1. The molecule has 0 spiro atoms. The molecule has 0 aliphatic carbocycles. The Kier molecular flexibility index (Phi) is 6.10. The van der Waals surface area contributed by atoms with Gasteiger partial charge in [-0.3, -0.25) is 24.5 Å². The quantitative estimate of drug-likeness (QED) is 0.462. The second-order valence-electron chi connectivity index (χ2n) is 5.69. The van der Waals surface area contributed by atoms with Crippen LogP contribution in [-0.4, -0.2) is 48.3 Å². The number of nitrogens with two attached hydrogens (primary N) is 1. The van der Waals surface area contributed by atoms with E-state index in [1.165, 1.54) is 17.0 Å². The molecule has 1 aromatic carbocycles. The molecule has 0 unspecified atom stereocenters. The summed E-state index contributed by atoms with van der Waals surface area (Å²) in [6.07, 6.45) is 0.856. The van der Waals surface area contributed by atoms with E-state index in [2.05, 4.69) is 0 Å². The minimum Gasteiger partial charge on any atom is -0.466 e. The molecule has 0 saturated carbocycles. The number of anilines is 1. The Morgan fingerprint density at radius 3 is 2.44 bits per heavy atom. The predicted molar refractivity (Wildman–Crippen MR) is 89.3 cm³/mol. The van der Waals surface area contributed by atoms with Crippen LogP contribution in [0.1, 0.15) is 30.1 Å². The van der Waals surface area contributed by atoms with Crippen molar-refractivity contribution in [2.24, 2.45) is 5.92 Å². The number of nitrogen functional groups attached to an aromatic ring is 1. The van der Waals surface area contributed by atoms with E-state index >= 15 is 0 Å². The third-order valence-electron chi connectivity index (χ3n) is 4.03. The van der Waals surface area contributed by atoms with Crippen molar-refractivity contribution in [1.29, 1.82) is 0 Å². The molecule has 3 N–H and O–H groups in total. The van der Waals surface area contributed by atoms with Crippen LogP contribution in [0.5, 0.6) is 0 Å². The van der Waals surface area contributed by atoms with Gasteiger partial charge in [-0.05, 0) is 31.9 Å².